The summed E-state index contributed by atoms with van der Waals surface area (Å²) in [5.41, 5.74) is 2.03. The Kier molecular flexibility index (Phi) is 6.88. The Hall–Kier alpha value is -2.33. The van der Waals surface area contributed by atoms with Crippen LogP contribution in [-0.2, 0) is 9.59 Å². The van der Waals surface area contributed by atoms with Gasteiger partial charge in [-0.25, -0.2) is 0 Å². The van der Waals surface area contributed by atoms with Crippen LogP contribution in [0.2, 0.25) is 5.02 Å². The molecule has 27 heavy (non-hydrogen) atoms. The maximum Gasteiger partial charge on any atom is 0.222 e. The molecule has 0 unspecified atom stereocenters. The Morgan fingerprint density at radius 3 is 2.56 bits per heavy atom. The molecule has 4 nitrogen and oxygen atoms in total. The van der Waals surface area contributed by atoms with Crippen molar-refractivity contribution in [2.24, 2.45) is 0 Å². The van der Waals surface area contributed by atoms with Crippen LogP contribution in [-0.4, -0.2) is 36.3 Å². The van der Waals surface area contributed by atoms with E-state index in [9.17, 15) is 9.59 Å². The largest absolute Gasteiger partial charge is 0.356 e. The fraction of sp³-hybridized carbons (Fsp3) is 0.364. The number of halogens is 1. The number of amides is 2. The zero-order valence-electron chi connectivity index (χ0n) is 15.4. The molecule has 2 amide bonds. The van der Waals surface area contributed by atoms with Crippen molar-refractivity contribution in [3.05, 3.63) is 70.7 Å². The van der Waals surface area contributed by atoms with Crippen LogP contribution in [0.15, 0.2) is 54.6 Å². The monoisotopic (exact) mass is 384 g/mol. The first kappa shape index (κ1) is 19.4. The molecule has 1 aliphatic heterocycles. The predicted molar refractivity (Wildman–Crippen MR) is 108 cm³/mol. The highest BCUT2D eigenvalue weighted by molar-refractivity contribution is 6.31. The standard InChI is InChI=1S/C22H25ClN2O2/c23-20-11-5-4-10-18(20)19(17-8-2-1-3-9-17)16-21(26)24-13-7-15-25-14-6-12-22(25)27/h1-5,8-11,19H,6-7,12-16H2,(H,24,26)/t19-/m0/s1. The summed E-state index contributed by atoms with van der Waals surface area (Å²) >= 11 is 6.40. The molecule has 1 atom stereocenters. The van der Waals surface area contributed by atoms with Gasteiger partial charge < -0.3 is 10.2 Å². The molecule has 0 aliphatic carbocycles. The summed E-state index contributed by atoms with van der Waals surface area (Å²) in [5, 5.41) is 3.66. The molecule has 1 aliphatic rings. The number of carbonyl (C=O) groups is 2. The van der Waals surface area contributed by atoms with Crippen LogP contribution in [0, 0.1) is 0 Å². The van der Waals surface area contributed by atoms with E-state index in [1.165, 1.54) is 0 Å². The number of hydrogen-bond acceptors (Lipinski definition) is 2. The Labute approximate surface area is 165 Å². The van der Waals surface area contributed by atoms with Gasteiger partial charge in [-0.1, -0.05) is 60.1 Å². The van der Waals surface area contributed by atoms with Crippen molar-refractivity contribution < 1.29 is 9.59 Å². The van der Waals surface area contributed by atoms with Gasteiger partial charge in [-0.2, -0.15) is 0 Å². The van der Waals surface area contributed by atoms with Crippen LogP contribution >= 0.6 is 11.6 Å². The number of likely N-dealkylation sites (tertiary alicyclic amines) is 1. The van der Waals surface area contributed by atoms with Crippen molar-refractivity contribution in [3.8, 4) is 0 Å². The van der Waals surface area contributed by atoms with E-state index in [0.717, 1.165) is 30.5 Å². The lowest BCUT2D eigenvalue weighted by molar-refractivity contribution is -0.127. The minimum atomic E-state index is -0.0833. The normalized spacial score (nSPS) is 15.0. The molecule has 3 rings (SSSR count). The van der Waals surface area contributed by atoms with E-state index in [1.807, 2.05) is 59.5 Å². The Balaban J connectivity index is 1.58. The van der Waals surface area contributed by atoms with Gasteiger partial charge in [0.2, 0.25) is 11.8 Å². The molecule has 0 radical (unpaired) electrons. The van der Waals surface area contributed by atoms with Gasteiger partial charge >= 0.3 is 0 Å². The first-order valence-corrected chi connectivity index (χ1v) is 9.87. The topological polar surface area (TPSA) is 49.4 Å². The van der Waals surface area contributed by atoms with Crippen LogP contribution < -0.4 is 5.32 Å². The van der Waals surface area contributed by atoms with E-state index >= 15 is 0 Å². The molecule has 1 fully saturated rings. The third kappa shape index (κ3) is 5.33. The number of hydrogen-bond donors (Lipinski definition) is 1. The van der Waals surface area contributed by atoms with Crippen LogP contribution in [0.5, 0.6) is 0 Å². The van der Waals surface area contributed by atoms with E-state index in [0.29, 0.717) is 31.0 Å². The summed E-state index contributed by atoms with van der Waals surface area (Å²) in [6.45, 7) is 2.13. The van der Waals surface area contributed by atoms with Crippen molar-refractivity contribution >= 4 is 23.4 Å². The van der Waals surface area contributed by atoms with Crippen LogP contribution in [0.4, 0.5) is 0 Å². The van der Waals surface area contributed by atoms with Crippen LogP contribution in [0.25, 0.3) is 0 Å². The van der Waals surface area contributed by atoms with E-state index in [4.69, 9.17) is 11.6 Å². The minimum absolute atomic E-state index is 0.00322. The highest BCUT2D eigenvalue weighted by Gasteiger charge is 2.21. The summed E-state index contributed by atoms with van der Waals surface area (Å²) in [5.74, 6) is 0.140. The summed E-state index contributed by atoms with van der Waals surface area (Å²) in [6, 6.07) is 17.7. The van der Waals surface area contributed by atoms with Gasteiger partial charge in [0.15, 0.2) is 0 Å². The molecule has 0 aromatic heterocycles. The molecule has 0 bridgehead atoms. The molecule has 2 aromatic carbocycles. The maximum atomic E-state index is 12.5. The van der Waals surface area contributed by atoms with Crippen LogP contribution in [0.3, 0.4) is 0 Å². The zero-order valence-corrected chi connectivity index (χ0v) is 16.1. The highest BCUT2D eigenvalue weighted by Crippen LogP contribution is 2.32. The lowest BCUT2D eigenvalue weighted by Crippen LogP contribution is -2.31. The van der Waals surface area contributed by atoms with E-state index in [2.05, 4.69) is 5.32 Å². The zero-order chi connectivity index (χ0) is 19.1. The molecule has 5 heteroatoms. The first-order valence-electron chi connectivity index (χ1n) is 9.49. The second-order valence-electron chi connectivity index (χ2n) is 6.88. The molecule has 1 heterocycles. The Bertz CT molecular complexity index is 779. The van der Waals surface area contributed by atoms with Gasteiger partial charge in [-0.3, -0.25) is 9.59 Å². The van der Waals surface area contributed by atoms with Gasteiger partial charge in [0.25, 0.3) is 0 Å². The number of rotatable bonds is 8. The van der Waals surface area contributed by atoms with Crippen LogP contribution in [0.1, 0.15) is 42.7 Å². The van der Waals surface area contributed by atoms with Gasteiger partial charge in [-0.15, -0.1) is 0 Å². The average Bonchev–Trinajstić information content (AvgIpc) is 3.09. The number of carbonyl (C=O) groups excluding carboxylic acids is 2. The average molecular weight is 385 g/mol. The second-order valence-corrected chi connectivity index (χ2v) is 7.28. The van der Waals surface area contributed by atoms with E-state index in [-0.39, 0.29) is 17.7 Å². The van der Waals surface area contributed by atoms with Crippen molar-refractivity contribution in [1.82, 2.24) is 10.2 Å². The lowest BCUT2D eigenvalue weighted by Gasteiger charge is -2.19. The SMILES string of the molecule is O=C(C[C@@H](c1ccccc1)c1ccccc1Cl)NCCCN1CCCC1=O. The van der Waals surface area contributed by atoms with E-state index < -0.39 is 0 Å². The summed E-state index contributed by atoms with van der Waals surface area (Å²) in [4.78, 5) is 26.0. The number of benzene rings is 2. The number of nitrogens with zero attached hydrogens (tertiary/aromatic N) is 1. The first-order chi connectivity index (χ1) is 13.1. The fourth-order valence-electron chi connectivity index (χ4n) is 3.55. The Morgan fingerprint density at radius 2 is 1.85 bits per heavy atom. The third-order valence-corrected chi connectivity index (χ3v) is 5.31. The molecular formula is C22H25ClN2O2. The van der Waals surface area contributed by atoms with Gasteiger partial charge in [0.05, 0.1) is 0 Å². The van der Waals surface area contributed by atoms with E-state index in [1.54, 1.807) is 0 Å². The van der Waals surface area contributed by atoms with Gasteiger partial charge in [0, 0.05) is 43.4 Å². The van der Waals surface area contributed by atoms with Crippen molar-refractivity contribution in [3.63, 3.8) is 0 Å². The van der Waals surface area contributed by atoms with Crippen molar-refractivity contribution in [1.29, 1.82) is 0 Å². The van der Waals surface area contributed by atoms with Crippen molar-refractivity contribution in [2.45, 2.75) is 31.6 Å². The quantitative estimate of drug-likeness (QED) is 0.699. The summed E-state index contributed by atoms with van der Waals surface area (Å²) < 4.78 is 0. The molecule has 1 saturated heterocycles. The van der Waals surface area contributed by atoms with Crippen molar-refractivity contribution in [2.75, 3.05) is 19.6 Å². The molecule has 142 valence electrons. The minimum Gasteiger partial charge on any atom is -0.356 e. The maximum absolute atomic E-state index is 12.5. The van der Waals surface area contributed by atoms with Gasteiger partial charge in [0.1, 0.15) is 0 Å². The lowest BCUT2D eigenvalue weighted by atomic mass is 9.88. The highest BCUT2D eigenvalue weighted by atomic mass is 35.5. The smallest absolute Gasteiger partial charge is 0.222 e. The summed E-state index contributed by atoms with van der Waals surface area (Å²) in [6.07, 6.45) is 2.72. The molecule has 2 aromatic rings. The number of nitrogens with one attached hydrogen (secondary N) is 1. The van der Waals surface area contributed by atoms with Gasteiger partial charge in [-0.05, 0) is 30.0 Å². The summed E-state index contributed by atoms with van der Waals surface area (Å²) in [7, 11) is 0. The molecule has 0 saturated carbocycles. The molecule has 0 spiro atoms. The third-order valence-electron chi connectivity index (χ3n) is 4.97. The predicted octanol–water partition coefficient (Wildman–Crippen LogP) is 3.99. The molecular weight excluding hydrogens is 360 g/mol. The Morgan fingerprint density at radius 1 is 1.11 bits per heavy atom. The molecule has 1 N–H and O–H groups in total. The second kappa shape index (κ2) is 9.56. The fourth-order valence-corrected chi connectivity index (χ4v) is 3.81.